The highest BCUT2D eigenvalue weighted by Crippen LogP contribution is 2.30. The van der Waals surface area contributed by atoms with Crippen LogP contribution in [0.2, 0.25) is 15.1 Å². The number of Topliss-reactive ketones (excluding diaryl/α,β-unsaturated/α-hetero) is 1. The van der Waals surface area contributed by atoms with E-state index in [0.29, 0.717) is 21.3 Å². The van der Waals surface area contributed by atoms with Gasteiger partial charge in [-0.3, -0.25) is 4.79 Å². The van der Waals surface area contributed by atoms with Crippen LogP contribution in [-0.2, 0) is 4.74 Å². The SMILES string of the molecule is COc1cc(N)c(Cl)cc1C(=O)OCC(=O)c1cc(C)n(-c2ccc(Cl)c(Cl)c2)c1C. The maximum Gasteiger partial charge on any atom is 0.342 e. The number of aromatic nitrogens is 1. The number of ketones is 1. The molecule has 0 radical (unpaired) electrons. The van der Waals surface area contributed by atoms with Crippen molar-refractivity contribution in [3.8, 4) is 11.4 Å². The van der Waals surface area contributed by atoms with E-state index in [-0.39, 0.29) is 27.8 Å². The van der Waals surface area contributed by atoms with Gasteiger partial charge in [0.2, 0.25) is 5.78 Å². The van der Waals surface area contributed by atoms with Gasteiger partial charge >= 0.3 is 5.97 Å². The Labute approximate surface area is 194 Å². The lowest BCUT2D eigenvalue weighted by Gasteiger charge is -2.12. The van der Waals surface area contributed by atoms with Crippen LogP contribution in [0.15, 0.2) is 36.4 Å². The Balaban J connectivity index is 1.81. The van der Waals surface area contributed by atoms with Crippen molar-refractivity contribution in [1.82, 2.24) is 4.57 Å². The van der Waals surface area contributed by atoms with Crippen LogP contribution < -0.4 is 10.5 Å². The maximum absolute atomic E-state index is 12.8. The third-order valence-electron chi connectivity index (χ3n) is 4.77. The number of anilines is 1. The molecule has 0 aliphatic heterocycles. The van der Waals surface area contributed by atoms with Crippen LogP contribution in [0.25, 0.3) is 5.69 Å². The van der Waals surface area contributed by atoms with Crippen molar-refractivity contribution in [1.29, 1.82) is 0 Å². The first-order chi connectivity index (χ1) is 14.6. The molecule has 0 atom stereocenters. The second kappa shape index (κ2) is 9.22. The molecule has 1 aromatic heterocycles. The summed E-state index contributed by atoms with van der Waals surface area (Å²) in [5.41, 5.74) is 8.77. The van der Waals surface area contributed by atoms with Crippen molar-refractivity contribution in [3.05, 3.63) is 74.0 Å². The minimum atomic E-state index is -0.745. The fraction of sp³-hybridized carbons (Fsp3) is 0.182. The van der Waals surface area contributed by atoms with Gasteiger partial charge in [-0.05, 0) is 44.2 Å². The predicted octanol–water partition coefficient (Wildman–Crippen LogP) is 5.68. The summed E-state index contributed by atoms with van der Waals surface area (Å²) in [7, 11) is 1.39. The molecule has 0 aliphatic carbocycles. The van der Waals surface area contributed by atoms with Crippen molar-refractivity contribution < 1.29 is 19.1 Å². The van der Waals surface area contributed by atoms with Gasteiger partial charge in [-0.25, -0.2) is 4.79 Å². The van der Waals surface area contributed by atoms with E-state index >= 15 is 0 Å². The van der Waals surface area contributed by atoms with E-state index in [9.17, 15) is 9.59 Å². The molecule has 0 amide bonds. The quantitative estimate of drug-likeness (QED) is 0.278. The molecule has 3 aromatic rings. The van der Waals surface area contributed by atoms with Gasteiger partial charge in [0.1, 0.15) is 11.3 Å². The molecule has 9 heteroatoms. The molecule has 2 aromatic carbocycles. The molecular weight excluding hydrogens is 463 g/mol. The molecule has 0 spiro atoms. The van der Waals surface area contributed by atoms with Crippen LogP contribution in [0.3, 0.4) is 0 Å². The molecule has 0 bridgehead atoms. The minimum absolute atomic E-state index is 0.0794. The number of benzene rings is 2. The van der Waals surface area contributed by atoms with E-state index in [1.807, 2.05) is 11.5 Å². The van der Waals surface area contributed by atoms with Gasteiger partial charge in [0, 0.05) is 28.7 Å². The number of aryl methyl sites for hydroxylation is 1. The van der Waals surface area contributed by atoms with Gasteiger partial charge in [0.05, 0.1) is 27.9 Å². The zero-order chi connectivity index (χ0) is 22.9. The molecule has 0 fully saturated rings. The Morgan fingerprint density at radius 2 is 1.68 bits per heavy atom. The molecule has 31 heavy (non-hydrogen) atoms. The van der Waals surface area contributed by atoms with E-state index in [1.165, 1.54) is 19.2 Å². The lowest BCUT2D eigenvalue weighted by Crippen LogP contribution is -2.16. The summed E-state index contributed by atoms with van der Waals surface area (Å²) < 4.78 is 12.2. The largest absolute Gasteiger partial charge is 0.496 e. The lowest BCUT2D eigenvalue weighted by molar-refractivity contribution is 0.0471. The van der Waals surface area contributed by atoms with Gasteiger partial charge < -0.3 is 19.8 Å². The van der Waals surface area contributed by atoms with Crippen LogP contribution >= 0.6 is 34.8 Å². The molecule has 0 saturated carbocycles. The van der Waals surface area contributed by atoms with E-state index in [4.69, 9.17) is 50.0 Å². The summed E-state index contributed by atoms with van der Waals surface area (Å²) in [4.78, 5) is 25.3. The highest BCUT2D eigenvalue weighted by molar-refractivity contribution is 6.42. The molecule has 1 heterocycles. The molecule has 0 saturated heterocycles. The number of carbonyl (C=O) groups excluding carboxylic acids is 2. The zero-order valence-electron chi connectivity index (χ0n) is 17.0. The first kappa shape index (κ1) is 23.0. The molecule has 2 N–H and O–H groups in total. The Morgan fingerprint density at radius 3 is 2.32 bits per heavy atom. The second-order valence-corrected chi connectivity index (χ2v) is 8.01. The normalized spacial score (nSPS) is 10.8. The Kier molecular flexibility index (Phi) is 6.84. The third-order valence-corrected chi connectivity index (χ3v) is 5.83. The van der Waals surface area contributed by atoms with E-state index < -0.39 is 12.6 Å². The summed E-state index contributed by atoms with van der Waals surface area (Å²) in [5, 5.41) is 1.03. The summed E-state index contributed by atoms with van der Waals surface area (Å²) >= 11 is 18.1. The van der Waals surface area contributed by atoms with Crippen molar-refractivity contribution in [3.63, 3.8) is 0 Å². The number of nitrogen functional groups attached to an aromatic ring is 1. The average molecular weight is 482 g/mol. The Hall–Kier alpha value is -2.67. The van der Waals surface area contributed by atoms with Crippen molar-refractivity contribution >= 4 is 52.2 Å². The minimum Gasteiger partial charge on any atom is -0.496 e. The molecule has 6 nitrogen and oxygen atoms in total. The van der Waals surface area contributed by atoms with Crippen LogP contribution in [-0.4, -0.2) is 30.0 Å². The van der Waals surface area contributed by atoms with Crippen LogP contribution in [0.4, 0.5) is 5.69 Å². The first-order valence-electron chi connectivity index (χ1n) is 9.11. The van der Waals surface area contributed by atoms with Gasteiger partial charge in [-0.2, -0.15) is 0 Å². The molecule has 0 aliphatic rings. The number of methoxy groups -OCH3 is 1. The summed E-state index contributed by atoms with van der Waals surface area (Å²) in [6.07, 6.45) is 0. The number of rotatable bonds is 6. The fourth-order valence-corrected chi connectivity index (χ4v) is 3.71. The van der Waals surface area contributed by atoms with Crippen molar-refractivity contribution in [2.75, 3.05) is 19.5 Å². The standard InChI is InChI=1S/C22H19Cl3N2O4/c1-11-6-14(12(2)27(11)13-4-5-16(23)17(24)7-13)20(28)10-31-22(29)15-8-18(25)19(26)9-21(15)30-3/h4-9H,10,26H2,1-3H3. The lowest BCUT2D eigenvalue weighted by atomic mass is 10.1. The second-order valence-electron chi connectivity index (χ2n) is 6.79. The smallest absolute Gasteiger partial charge is 0.342 e. The number of esters is 1. The topological polar surface area (TPSA) is 83.6 Å². The number of carbonyl (C=O) groups is 2. The number of hydrogen-bond acceptors (Lipinski definition) is 5. The molecule has 3 rings (SSSR count). The highest BCUT2D eigenvalue weighted by Gasteiger charge is 2.21. The summed E-state index contributed by atoms with van der Waals surface area (Å²) in [6.45, 7) is 3.21. The zero-order valence-corrected chi connectivity index (χ0v) is 19.2. The van der Waals surface area contributed by atoms with Gasteiger partial charge in [-0.1, -0.05) is 34.8 Å². The van der Waals surface area contributed by atoms with Crippen LogP contribution in [0.5, 0.6) is 5.75 Å². The van der Waals surface area contributed by atoms with Crippen molar-refractivity contribution in [2.45, 2.75) is 13.8 Å². The van der Waals surface area contributed by atoms with Gasteiger partial charge in [-0.15, -0.1) is 0 Å². The van der Waals surface area contributed by atoms with Crippen molar-refractivity contribution in [2.24, 2.45) is 0 Å². The maximum atomic E-state index is 12.8. The number of ether oxygens (including phenoxy) is 2. The number of nitrogens with two attached hydrogens (primary N) is 1. The van der Waals surface area contributed by atoms with Gasteiger partial charge in [0.15, 0.2) is 6.61 Å². The summed E-state index contributed by atoms with van der Waals surface area (Å²) in [5.74, 6) is -0.893. The van der Waals surface area contributed by atoms with E-state index in [2.05, 4.69) is 0 Å². The van der Waals surface area contributed by atoms with Crippen LogP contribution in [0, 0.1) is 13.8 Å². The molecular formula is C22H19Cl3N2O4. The summed E-state index contributed by atoms with van der Waals surface area (Å²) in [6, 6.07) is 9.71. The van der Waals surface area contributed by atoms with E-state index in [1.54, 1.807) is 31.2 Å². The highest BCUT2D eigenvalue weighted by atomic mass is 35.5. The third kappa shape index (κ3) is 4.66. The van der Waals surface area contributed by atoms with Crippen LogP contribution in [0.1, 0.15) is 32.1 Å². The monoisotopic (exact) mass is 480 g/mol. The van der Waals surface area contributed by atoms with E-state index in [0.717, 1.165) is 11.4 Å². The number of nitrogens with zero attached hydrogens (tertiary/aromatic N) is 1. The molecule has 0 unspecified atom stereocenters. The Morgan fingerprint density at radius 1 is 0.968 bits per heavy atom. The number of halogens is 3. The van der Waals surface area contributed by atoms with Gasteiger partial charge in [0.25, 0.3) is 0 Å². The Bertz CT molecular complexity index is 1190. The molecule has 162 valence electrons. The number of hydrogen-bond donors (Lipinski definition) is 1. The fourth-order valence-electron chi connectivity index (χ4n) is 3.25. The average Bonchev–Trinajstić information content (AvgIpc) is 3.03. The first-order valence-corrected chi connectivity index (χ1v) is 10.2. The predicted molar refractivity (Wildman–Crippen MR) is 122 cm³/mol.